The first-order valence-electron chi connectivity index (χ1n) is 12.1. The fourth-order valence-electron chi connectivity index (χ4n) is 6.25. The van der Waals surface area contributed by atoms with Crippen molar-refractivity contribution in [3.63, 3.8) is 0 Å². The zero-order valence-corrected chi connectivity index (χ0v) is 19.2. The number of ether oxygens (including phenoxy) is 1. The third-order valence-corrected chi connectivity index (χ3v) is 7.86. The summed E-state index contributed by atoms with van der Waals surface area (Å²) in [6.07, 6.45) is 3.54. The lowest BCUT2D eigenvalue weighted by Gasteiger charge is -2.52. The molecule has 5 rings (SSSR count). The van der Waals surface area contributed by atoms with Crippen molar-refractivity contribution in [3.8, 4) is 5.75 Å². The molecule has 4 atom stereocenters. The highest BCUT2D eigenvalue weighted by atomic mass is 16.5. The van der Waals surface area contributed by atoms with Gasteiger partial charge in [0.1, 0.15) is 11.8 Å². The van der Waals surface area contributed by atoms with Crippen molar-refractivity contribution in [2.24, 2.45) is 5.92 Å². The number of hydrogen-bond donors (Lipinski definition) is 1. The molecule has 1 saturated carbocycles. The van der Waals surface area contributed by atoms with Gasteiger partial charge >= 0.3 is 0 Å². The highest BCUT2D eigenvalue weighted by Crippen LogP contribution is 2.38. The molecule has 8 heteroatoms. The summed E-state index contributed by atoms with van der Waals surface area (Å²) >= 11 is 0. The van der Waals surface area contributed by atoms with E-state index < -0.39 is 0 Å². The van der Waals surface area contributed by atoms with Gasteiger partial charge in [0.25, 0.3) is 0 Å². The Morgan fingerprint density at radius 2 is 1.88 bits per heavy atom. The van der Waals surface area contributed by atoms with Crippen LogP contribution < -0.4 is 15.1 Å². The van der Waals surface area contributed by atoms with Gasteiger partial charge < -0.3 is 19.4 Å². The maximum Gasteiger partial charge on any atom is 0.241 e. The largest absolute Gasteiger partial charge is 0.495 e. The first-order valence-corrected chi connectivity index (χ1v) is 12.1. The first kappa shape index (κ1) is 21.5. The maximum atomic E-state index is 13.4. The van der Waals surface area contributed by atoms with E-state index in [-0.39, 0.29) is 29.8 Å². The van der Waals surface area contributed by atoms with Gasteiger partial charge in [0.05, 0.1) is 12.8 Å². The second kappa shape index (κ2) is 8.90. The van der Waals surface area contributed by atoms with Crippen molar-refractivity contribution in [3.05, 3.63) is 24.3 Å². The average molecular weight is 442 g/mol. The Morgan fingerprint density at radius 1 is 1.09 bits per heavy atom. The van der Waals surface area contributed by atoms with Crippen LogP contribution in [0.25, 0.3) is 0 Å². The van der Waals surface area contributed by atoms with E-state index in [9.17, 15) is 9.59 Å². The van der Waals surface area contributed by atoms with Crippen LogP contribution in [0.1, 0.15) is 32.6 Å². The number of nitrogens with zero attached hydrogens (tertiary/aromatic N) is 4. The van der Waals surface area contributed by atoms with E-state index in [0.29, 0.717) is 6.04 Å². The molecule has 3 aliphatic heterocycles. The number of fused-ring (bicyclic) bond motifs is 3. The van der Waals surface area contributed by atoms with Gasteiger partial charge in [0.15, 0.2) is 0 Å². The summed E-state index contributed by atoms with van der Waals surface area (Å²) in [6.45, 7) is 6.74. The molecule has 1 aromatic carbocycles. The van der Waals surface area contributed by atoms with Crippen LogP contribution >= 0.6 is 0 Å². The molecule has 1 aromatic rings. The molecule has 4 unspecified atom stereocenters. The summed E-state index contributed by atoms with van der Waals surface area (Å²) in [5, 5.41) is 2.21. The third kappa shape index (κ3) is 3.63. The van der Waals surface area contributed by atoms with E-state index in [1.54, 1.807) is 7.11 Å². The Labute approximate surface area is 190 Å². The molecule has 2 amide bonds. The Bertz CT molecular complexity index is 856. The number of methoxy groups -OCH3 is 1. The van der Waals surface area contributed by atoms with Crippen LogP contribution in [-0.2, 0) is 9.59 Å². The molecule has 3 heterocycles. The molecule has 1 aliphatic carbocycles. The highest BCUT2D eigenvalue weighted by Gasteiger charge is 2.51. The quantitative estimate of drug-likeness (QED) is 0.760. The molecule has 4 aliphatic rings. The highest BCUT2D eigenvalue weighted by molar-refractivity contribution is 5.84. The smallest absolute Gasteiger partial charge is 0.241 e. The SMILES string of the molecule is CCN1C(=O)C2CCNN2C2CCC(C(=O)N3CCN(c4ccccc4OC)CC3)CC21. The van der Waals surface area contributed by atoms with Crippen molar-refractivity contribution >= 4 is 17.5 Å². The van der Waals surface area contributed by atoms with Gasteiger partial charge in [-0.1, -0.05) is 12.1 Å². The normalized spacial score (nSPS) is 30.8. The van der Waals surface area contributed by atoms with E-state index in [1.807, 2.05) is 23.1 Å². The molecule has 0 aromatic heterocycles. The molecule has 0 spiro atoms. The van der Waals surface area contributed by atoms with Crippen LogP contribution in [0.15, 0.2) is 24.3 Å². The van der Waals surface area contributed by atoms with Crippen LogP contribution in [0.5, 0.6) is 5.75 Å². The number of nitrogens with one attached hydrogen (secondary N) is 1. The van der Waals surface area contributed by atoms with Crippen molar-refractivity contribution in [2.75, 3.05) is 51.3 Å². The number of piperazine rings is 2. The molecule has 0 bridgehead atoms. The third-order valence-electron chi connectivity index (χ3n) is 7.86. The molecule has 8 nitrogen and oxygen atoms in total. The Hall–Kier alpha value is -2.32. The second-order valence-electron chi connectivity index (χ2n) is 9.37. The second-order valence-corrected chi connectivity index (χ2v) is 9.37. The summed E-state index contributed by atoms with van der Waals surface area (Å²) in [5.74, 6) is 1.39. The molecule has 4 fully saturated rings. The fraction of sp³-hybridized carbons (Fsp3) is 0.667. The summed E-state index contributed by atoms with van der Waals surface area (Å²) in [6, 6.07) is 8.50. The number of carbonyl (C=O) groups is 2. The van der Waals surface area contributed by atoms with E-state index >= 15 is 0 Å². The Balaban J connectivity index is 1.23. The van der Waals surface area contributed by atoms with E-state index in [4.69, 9.17) is 4.74 Å². The fourth-order valence-corrected chi connectivity index (χ4v) is 6.25. The van der Waals surface area contributed by atoms with Crippen LogP contribution in [0.4, 0.5) is 5.69 Å². The number of para-hydroxylation sites is 2. The van der Waals surface area contributed by atoms with Crippen molar-refractivity contribution in [1.82, 2.24) is 20.2 Å². The molecular weight excluding hydrogens is 406 g/mol. The number of rotatable bonds is 4. The van der Waals surface area contributed by atoms with Gasteiger partial charge in [-0.05, 0) is 44.7 Å². The number of hydrazine groups is 1. The summed E-state index contributed by atoms with van der Waals surface area (Å²) in [4.78, 5) is 32.9. The molecule has 174 valence electrons. The summed E-state index contributed by atoms with van der Waals surface area (Å²) < 4.78 is 5.51. The topological polar surface area (TPSA) is 68.4 Å². The van der Waals surface area contributed by atoms with Gasteiger partial charge in [-0.25, -0.2) is 5.01 Å². The van der Waals surface area contributed by atoms with Crippen LogP contribution in [0.3, 0.4) is 0 Å². The molecule has 3 saturated heterocycles. The molecular formula is C24H35N5O3. The number of anilines is 1. The monoisotopic (exact) mass is 441 g/mol. The van der Waals surface area contributed by atoms with Gasteiger partial charge in [0.2, 0.25) is 11.8 Å². The van der Waals surface area contributed by atoms with Gasteiger partial charge in [-0.15, -0.1) is 0 Å². The minimum Gasteiger partial charge on any atom is -0.495 e. The van der Waals surface area contributed by atoms with Crippen molar-refractivity contribution in [2.45, 2.75) is 50.7 Å². The predicted octanol–water partition coefficient (Wildman–Crippen LogP) is 1.32. The lowest BCUT2D eigenvalue weighted by atomic mass is 9.78. The number of likely N-dealkylation sites (N-methyl/N-ethyl adjacent to an activating group) is 1. The standard InChI is InChI=1S/C24H35N5O3/c1-3-28-21-16-17(8-9-18(21)29-20(24(28)31)10-11-25-29)23(30)27-14-12-26(13-15-27)19-6-4-5-7-22(19)32-2/h4-7,17-18,20-21,25H,3,8-16H2,1-2H3. The molecule has 32 heavy (non-hydrogen) atoms. The minimum absolute atomic E-state index is 0.00932. The van der Waals surface area contributed by atoms with Crippen LogP contribution in [-0.4, -0.2) is 91.1 Å². The predicted molar refractivity (Wildman–Crippen MR) is 122 cm³/mol. The molecule has 1 N–H and O–H groups in total. The van der Waals surface area contributed by atoms with Gasteiger partial charge in [-0.2, -0.15) is 0 Å². The lowest BCUT2D eigenvalue weighted by Crippen LogP contribution is -2.68. The van der Waals surface area contributed by atoms with Crippen molar-refractivity contribution in [1.29, 1.82) is 0 Å². The first-order chi connectivity index (χ1) is 15.6. The zero-order valence-electron chi connectivity index (χ0n) is 19.2. The maximum absolute atomic E-state index is 13.4. The Kier molecular flexibility index (Phi) is 5.99. The number of carbonyl (C=O) groups excluding carboxylic acids is 2. The van der Waals surface area contributed by atoms with E-state index in [2.05, 4.69) is 33.2 Å². The van der Waals surface area contributed by atoms with Gasteiger partial charge in [-0.3, -0.25) is 15.0 Å². The number of amides is 2. The zero-order chi connectivity index (χ0) is 22.2. The minimum atomic E-state index is -0.0218. The molecule has 0 radical (unpaired) electrons. The lowest BCUT2D eigenvalue weighted by molar-refractivity contribution is -0.157. The average Bonchev–Trinajstić information content (AvgIpc) is 3.34. The van der Waals surface area contributed by atoms with E-state index in [0.717, 1.165) is 76.4 Å². The number of benzene rings is 1. The van der Waals surface area contributed by atoms with Gasteiger partial charge in [0, 0.05) is 57.3 Å². The van der Waals surface area contributed by atoms with E-state index in [1.165, 1.54) is 0 Å². The summed E-state index contributed by atoms with van der Waals surface area (Å²) in [5.41, 5.74) is 4.54. The van der Waals surface area contributed by atoms with Crippen molar-refractivity contribution < 1.29 is 14.3 Å². The van der Waals surface area contributed by atoms with Crippen LogP contribution in [0, 0.1) is 5.92 Å². The Morgan fingerprint density at radius 3 is 2.62 bits per heavy atom. The van der Waals surface area contributed by atoms with Crippen LogP contribution in [0.2, 0.25) is 0 Å². The summed E-state index contributed by atoms with van der Waals surface area (Å²) in [7, 11) is 1.70. The number of hydrogen-bond acceptors (Lipinski definition) is 6.